The van der Waals surface area contributed by atoms with Gasteiger partial charge in [-0.2, -0.15) is 0 Å². The number of halogens is 1. The second-order valence-electron chi connectivity index (χ2n) is 6.29. The quantitative estimate of drug-likeness (QED) is 0.713. The minimum atomic E-state index is -0.648. The number of benzene rings is 1. The molecule has 1 aliphatic carbocycles. The van der Waals surface area contributed by atoms with Crippen molar-refractivity contribution in [1.82, 2.24) is 5.32 Å². The lowest BCUT2D eigenvalue weighted by atomic mass is 9.64. The first kappa shape index (κ1) is 16.4. The van der Waals surface area contributed by atoms with Crippen LogP contribution in [0.15, 0.2) is 24.3 Å². The van der Waals surface area contributed by atoms with Crippen LogP contribution in [0.25, 0.3) is 0 Å². The van der Waals surface area contributed by atoms with Crippen molar-refractivity contribution in [1.29, 1.82) is 0 Å². The molecule has 0 heterocycles. The Morgan fingerprint density at radius 2 is 2.14 bits per heavy atom. The predicted octanol–water partition coefficient (Wildman–Crippen LogP) is 1.45. The molecule has 0 radical (unpaired) electrons. The summed E-state index contributed by atoms with van der Waals surface area (Å²) < 4.78 is 18.7. The van der Waals surface area contributed by atoms with Crippen molar-refractivity contribution in [2.24, 2.45) is 5.41 Å². The molecule has 0 saturated heterocycles. The molecule has 3 unspecified atom stereocenters. The second kappa shape index (κ2) is 6.83. The molecule has 2 rings (SSSR count). The van der Waals surface area contributed by atoms with Crippen molar-refractivity contribution >= 4 is 0 Å². The fraction of sp³-hybridized carbons (Fsp3) is 0.625. The first-order valence-corrected chi connectivity index (χ1v) is 7.32. The van der Waals surface area contributed by atoms with Crippen LogP contribution in [0, 0.1) is 11.2 Å². The summed E-state index contributed by atoms with van der Waals surface area (Å²) in [5, 5.41) is 22.7. The van der Waals surface area contributed by atoms with Crippen molar-refractivity contribution in [2.45, 2.75) is 45.1 Å². The Balaban J connectivity index is 1.64. The monoisotopic (exact) mass is 297 g/mol. The van der Waals surface area contributed by atoms with Gasteiger partial charge in [0.25, 0.3) is 0 Å². The zero-order valence-corrected chi connectivity index (χ0v) is 12.6. The summed E-state index contributed by atoms with van der Waals surface area (Å²) in [6.45, 7) is 4.70. The zero-order valence-electron chi connectivity index (χ0n) is 12.6. The van der Waals surface area contributed by atoms with Crippen LogP contribution in [-0.4, -0.2) is 41.6 Å². The molecule has 1 fully saturated rings. The van der Waals surface area contributed by atoms with E-state index < -0.39 is 6.10 Å². The third kappa shape index (κ3) is 4.01. The van der Waals surface area contributed by atoms with Crippen LogP contribution in [0.3, 0.4) is 0 Å². The summed E-state index contributed by atoms with van der Waals surface area (Å²) in [7, 11) is 0. The Labute approximate surface area is 124 Å². The number of rotatable bonds is 7. The van der Waals surface area contributed by atoms with E-state index in [9.17, 15) is 14.6 Å². The van der Waals surface area contributed by atoms with E-state index in [0.29, 0.717) is 18.5 Å². The fourth-order valence-corrected chi connectivity index (χ4v) is 2.51. The highest BCUT2D eigenvalue weighted by atomic mass is 19.1. The Hall–Kier alpha value is -1.01. The molecule has 0 amide bonds. The van der Waals surface area contributed by atoms with Crippen LogP contribution >= 0.6 is 0 Å². The Morgan fingerprint density at radius 3 is 2.76 bits per heavy atom. The SMILES string of the molecule is CC1(C)C(O)CC1NCC(O)COCc1ccccc1F. The van der Waals surface area contributed by atoms with Gasteiger partial charge in [-0.15, -0.1) is 0 Å². The summed E-state index contributed by atoms with van der Waals surface area (Å²) in [5.74, 6) is -0.296. The van der Waals surface area contributed by atoms with Crippen molar-refractivity contribution in [3.05, 3.63) is 35.6 Å². The third-order valence-corrected chi connectivity index (χ3v) is 4.34. The third-order valence-electron chi connectivity index (χ3n) is 4.34. The van der Waals surface area contributed by atoms with Crippen molar-refractivity contribution < 1.29 is 19.3 Å². The van der Waals surface area contributed by atoms with Crippen LogP contribution in [-0.2, 0) is 11.3 Å². The molecule has 118 valence electrons. The van der Waals surface area contributed by atoms with E-state index in [1.807, 2.05) is 13.8 Å². The van der Waals surface area contributed by atoms with Gasteiger partial charge >= 0.3 is 0 Å². The van der Waals surface area contributed by atoms with Gasteiger partial charge in [0.2, 0.25) is 0 Å². The van der Waals surface area contributed by atoms with E-state index in [2.05, 4.69) is 5.32 Å². The summed E-state index contributed by atoms with van der Waals surface area (Å²) in [6.07, 6.45) is -0.231. The zero-order chi connectivity index (χ0) is 15.5. The lowest BCUT2D eigenvalue weighted by Gasteiger charge is -2.49. The molecule has 0 aliphatic heterocycles. The molecule has 0 aromatic heterocycles. The normalized spacial score (nSPS) is 25.4. The van der Waals surface area contributed by atoms with Gasteiger partial charge in [-0.05, 0) is 12.5 Å². The maximum Gasteiger partial charge on any atom is 0.128 e. The number of hydrogen-bond acceptors (Lipinski definition) is 4. The average Bonchev–Trinajstić information content (AvgIpc) is 2.45. The average molecular weight is 297 g/mol. The summed E-state index contributed by atoms with van der Waals surface area (Å²) in [6, 6.07) is 6.64. The molecule has 1 saturated carbocycles. The van der Waals surface area contributed by atoms with Crippen molar-refractivity contribution in [2.75, 3.05) is 13.2 Å². The van der Waals surface area contributed by atoms with Gasteiger partial charge in [0.05, 0.1) is 25.4 Å². The van der Waals surface area contributed by atoms with Gasteiger partial charge < -0.3 is 20.3 Å². The minimum absolute atomic E-state index is 0.150. The van der Waals surface area contributed by atoms with Gasteiger partial charge in [-0.1, -0.05) is 32.0 Å². The van der Waals surface area contributed by atoms with Crippen LogP contribution in [0.2, 0.25) is 0 Å². The summed E-state index contributed by atoms with van der Waals surface area (Å²) in [4.78, 5) is 0. The van der Waals surface area contributed by atoms with Gasteiger partial charge in [0.15, 0.2) is 0 Å². The number of hydrogen-bond donors (Lipinski definition) is 3. The number of aliphatic hydroxyl groups excluding tert-OH is 2. The Morgan fingerprint density at radius 1 is 1.43 bits per heavy atom. The van der Waals surface area contributed by atoms with Crippen LogP contribution < -0.4 is 5.32 Å². The number of nitrogens with one attached hydrogen (secondary N) is 1. The van der Waals surface area contributed by atoms with Crippen molar-refractivity contribution in [3.63, 3.8) is 0 Å². The molecular weight excluding hydrogens is 273 g/mol. The molecule has 21 heavy (non-hydrogen) atoms. The largest absolute Gasteiger partial charge is 0.392 e. The standard InChI is InChI=1S/C16H24FNO3/c1-16(2)14(7-15(16)20)18-8-12(19)10-21-9-11-5-3-4-6-13(11)17/h3-6,12,14-15,18-20H,7-10H2,1-2H3. The molecule has 5 heteroatoms. The van der Waals surface area contributed by atoms with E-state index in [1.54, 1.807) is 18.2 Å². The molecule has 0 bridgehead atoms. The Kier molecular flexibility index (Phi) is 5.32. The van der Waals surface area contributed by atoms with Crippen LogP contribution in [0.1, 0.15) is 25.8 Å². The molecule has 1 aromatic rings. The lowest BCUT2D eigenvalue weighted by Crippen LogP contribution is -2.61. The van der Waals surface area contributed by atoms with Crippen LogP contribution in [0.5, 0.6) is 0 Å². The highest BCUT2D eigenvalue weighted by Gasteiger charge is 2.46. The first-order chi connectivity index (χ1) is 9.91. The molecular formula is C16H24FNO3. The number of aliphatic hydroxyl groups is 2. The molecule has 1 aromatic carbocycles. The van der Waals surface area contributed by atoms with Gasteiger partial charge in [0, 0.05) is 23.6 Å². The maximum absolute atomic E-state index is 13.4. The van der Waals surface area contributed by atoms with Gasteiger partial charge in [-0.25, -0.2) is 4.39 Å². The van der Waals surface area contributed by atoms with Crippen molar-refractivity contribution in [3.8, 4) is 0 Å². The fourth-order valence-electron chi connectivity index (χ4n) is 2.51. The molecule has 0 spiro atoms. The van der Waals surface area contributed by atoms with E-state index >= 15 is 0 Å². The topological polar surface area (TPSA) is 61.7 Å². The molecule has 3 atom stereocenters. The van der Waals surface area contributed by atoms with Gasteiger partial charge in [-0.3, -0.25) is 0 Å². The highest BCUT2D eigenvalue weighted by Crippen LogP contribution is 2.40. The van der Waals surface area contributed by atoms with E-state index in [4.69, 9.17) is 4.74 Å². The number of ether oxygens (including phenoxy) is 1. The summed E-state index contributed by atoms with van der Waals surface area (Å²) in [5.41, 5.74) is 0.328. The first-order valence-electron chi connectivity index (χ1n) is 7.32. The molecule has 3 N–H and O–H groups in total. The van der Waals surface area contributed by atoms with E-state index in [1.165, 1.54) is 6.07 Å². The maximum atomic E-state index is 13.4. The summed E-state index contributed by atoms with van der Waals surface area (Å²) >= 11 is 0. The second-order valence-corrected chi connectivity index (χ2v) is 6.29. The van der Waals surface area contributed by atoms with E-state index in [-0.39, 0.29) is 36.6 Å². The lowest BCUT2D eigenvalue weighted by molar-refractivity contribution is -0.0769. The Bertz CT molecular complexity index is 467. The minimum Gasteiger partial charge on any atom is -0.392 e. The smallest absolute Gasteiger partial charge is 0.128 e. The van der Waals surface area contributed by atoms with Crippen LogP contribution in [0.4, 0.5) is 4.39 Å². The molecule has 4 nitrogen and oxygen atoms in total. The van der Waals surface area contributed by atoms with E-state index in [0.717, 1.165) is 0 Å². The highest BCUT2D eigenvalue weighted by molar-refractivity contribution is 5.16. The predicted molar refractivity (Wildman–Crippen MR) is 78.3 cm³/mol. The van der Waals surface area contributed by atoms with Gasteiger partial charge in [0.1, 0.15) is 5.82 Å². The molecule has 1 aliphatic rings.